The van der Waals surface area contributed by atoms with Gasteiger partial charge in [0.2, 0.25) is 5.91 Å². The Hall–Kier alpha value is -2.33. The Balaban J connectivity index is 1.47. The number of hydrogen-bond acceptors (Lipinski definition) is 6. The smallest absolute Gasteiger partial charge is 0.263 e. The van der Waals surface area contributed by atoms with Gasteiger partial charge in [0.15, 0.2) is 5.13 Å². The van der Waals surface area contributed by atoms with Crippen molar-refractivity contribution < 1.29 is 17.9 Å². The van der Waals surface area contributed by atoms with Crippen molar-refractivity contribution in [2.24, 2.45) is 0 Å². The number of halogens is 2. The van der Waals surface area contributed by atoms with E-state index in [1.54, 1.807) is 24.4 Å². The average Bonchev–Trinajstić information content (AvgIpc) is 3.11. The molecule has 7 nitrogen and oxygen atoms in total. The van der Waals surface area contributed by atoms with Gasteiger partial charge >= 0.3 is 0 Å². The third kappa shape index (κ3) is 6.83. The molecule has 1 amide bonds. The zero-order valence-electron chi connectivity index (χ0n) is 16.4. The van der Waals surface area contributed by atoms with Crippen molar-refractivity contribution in [2.45, 2.75) is 24.7 Å². The van der Waals surface area contributed by atoms with Crippen LogP contribution in [0.3, 0.4) is 0 Å². The monoisotopic (exact) mass is 499 g/mol. The van der Waals surface area contributed by atoms with Gasteiger partial charge in [0, 0.05) is 28.2 Å². The van der Waals surface area contributed by atoms with E-state index in [4.69, 9.17) is 27.9 Å². The second kappa shape index (κ2) is 10.3. The number of amides is 1. The Kier molecular flexibility index (Phi) is 7.77. The molecular formula is C20H19Cl2N3O4S2. The summed E-state index contributed by atoms with van der Waals surface area (Å²) >= 11 is 13.1. The van der Waals surface area contributed by atoms with Gasteiger partial charge in [-0.2, -0.15) is 0 Å². The van der Waals surface area contributed by atoms with Crippen molar-refractivity contribution >= 4 is 61.3 Å². The molecule has 1 heterocycles. The highest BCUT2D eigenvalue weighted by Crippen LogP contribution is 2.27. The van der Waals surface area contributed by atoms with E-state index < -0.39 is 10.0 Å². The summed E-state index contributed by atoms with van der Waals surface area (Å²) in [6.07, 6.45) is 2.31. The van der Waals surface area contributed by atoms with Crippen molar-refractivity contribution in [1.29, 1.82) is 0 Å². The second-order valence-corrected chi connectivity index (χ2v) is 10.2. The van der Waals surface area contributed by atoms with Gasteiger partial charge in [-0.05, 0) is 55.8 Å². The van der Waals surface area contributed by atoms with Crippen LogP contribution in [0, 0.1) is 6.92 Å². The van der Waals surface area contributed by atoms with E-state index in [1.165, 1.54) is 35.6 Å². The summed E-state index contributed by atoms with van der Waals surface area (Å²) in [6.45, 7) is 2.15. The fourth-order valence-electron chi connectivity index (χ4n) is 2.52. The first-order valence-corrected chi connectivity index (χ1v) is 12.2. The number of hydrogen-bond donors (Lipinski definition) is 2. The molecule has 0 saturated carbocycles. The van der Waals surface area contributed by atoms with E-state index in [0.29, 0.717) is 39.6 Å². The quantitative estimate of drug-likeness (QED) is 0.386. The van der Waals surface area contributed by atoms with E-state index >= 15 is 0 Å². The number of anilines is 2. The SMILES string of the molecule is Cc1cnc(NS(=O)(=O)c2ccc(NC(=O)CCCOc3ccc(Cl)cc3Cl)cc2)s1. The van der Waals surface area contributed by atoms with Crippen molar-refractivity contribution in [1.82, 2.24) is 4.98 Å². The minimum Gasteiger partial charge on any atom is -0.492 e. The predicted molar refractivity (Wildman–Crippen MR) is 124 cm³/mol. The molecular weight excluding hydrogens is 481 g/mol. The van der Waals surface area contributed by atoms with Crippen LogP contribution in [-0.2, 0) is 14.8 Å². The molecule has 31 heavy (non-hydrogen) atoms. The number of carbonyl (C=O) groups excluding carboxylic acids is 1. The number of nitrogens with zero attached hydrogens (tertiary/aromatic N) is 1. The van der Waals surface area contributed by atoms with Gasteiger partial charge in [-0.3, -0.25) is 9.52 Å². The maximum Gasteiger partial charge on any atom is 0.263 e. The summed E-state index contributed by atoms with van der Waals surface area (Å²) in [6, 6.07) is 10.8. The van der Waals surface area contributed by atoms with Crippen LogP contribution in [0.2, 0.25) is 10.0 Å². The molecule has 0 fully saturated rings. The van der Waals surface area contributed by atoms with Crippen molar-refractivity contribution in [3.63, 3.8) is 0 Å². The van der Waals surface area contributed by atoms with Crippen LogP contribution in [0.25, 0.3) is 0 Å². The first-order valence-electron chi connectivity index (χ1n) is 9.16. The number of ether oxygens (including phenoxy) is 1. The molecule has 0 saturated heterocycles. The zero-order chi connectivity index (χ0) is 22.4. The standard InChI is InChI=1S/C20H19Cl2N3O4S2/c1-13-12-23-20(30-13)25-31(27,28)16-7-5-15(6-8-16)24-19(26)3-2-10-29-18-9-4-14(21)11-17(18)22/h4-9,11-12H,2-3,10H2,1H3,(H,23,25)(H,24,26). The molecule has 11 heteroatoms. The van der Waals surface area contributed by atoms with E-state index in [2.05, 4.69) is 15.0 Å². The number of thiazole rings is 1. The third-order valence-electron chi connectivity index (χ3n) is 3.99. The highest BCUT2D eigenvalue weighted by molar-refractivity contribution is 7.93. The lowest BCUT2D eigenvalue weighted by Crippen LogP contribution is -2.14. The molecule has 0 bridgehead atoms. The Bertz CT molecular complexity index is 1170. The Morgan fingerprint density at radius 3 is 2.55 bits per heavy atom. The van der Waals surface area contributed by atoms with Crippen molar-refractivity contribution in [3.05, 3.63) is 63.6 Å². The fourth-order valence-corrected chi connectivity index (χ4v) is 4.89. The molecule has 0 spiro atoms. The molecule has 164 valence electrons. The lowest BCUT2D eigenvalue weighted by atomic mass is 10.2. The topological polar surface area (TPSA) is 97.4 Å². The molecule has 2 aromatic carbocycles. The number of aryl methyl sites for hydroxylation is 1. The molecule has 3 aromatic rings. The van der Waals surface area contributed by atoms with E-state index in [-0.39, 0.29) is 17.2 Å². The van der Waals surface area contributed by atoms with E-state index in [9.17, 15) is 13.2 Å². The van der Waals surface area contributed by atoms with Crippen LogP contribution in [0.5, 0.6) is 5.75 Å². The summed E-state index contributed by atoms with van der Waals surface area (Å²) in [5, 5.41) is 3.96. The molecule has 0 aliphatic rings. The predicted octanol–water partition coefficient (Wildman–Crippen LogP) is 5.36. The first-order chi connectivity index (χ1) is 14.7. The van der Waals surface area contributed by atoms with Crippen LogP contribution in [-0.4, -0.2) is 25.9 Å². The van der Waals surface area contributed by atoms with Gasteiger partial charge in [-0.25, -0.2) is 13.4 Å². The molecule has 0 aliphatic heterocycles. The Labute approximate surface area is 194 Å². The molecule has 0 aliphatic carbocycles. The summed E-state index contributed by atoms with van der Waals surface area (Å²) in [5.74, 6) is 0.294. The van der Waals surface area contributed by atoms with Crippen LogP contribution in [0.15, 0.2) is 53.6 Å². The summed E-state index contributed by atoms with van der Waals surface area (Å²) in [5.41, 5.74) is 0.496. The molecule has 0 radical (unpaired) electrons. The summed E-state index contributed by atoms with van der Waals surface area (Å²) < 4.78 is 32.8. The number of rotatable bonds is 9. The van der Waals surface area contributed by atoms with E-state index in [1.807, 2.05) is 6.92 Å². The van der Waals surface area contributed by atoms with Crippen LogP contribution < -0.4 is 14.8 Å². The molecule has 1 aromatic heterocycles. The van der Waals surface area contributed by atoms with Crippen molar-refractivity contribution in [3.8, 4) is 5.75 Å². The number of aromatic nitrogens is 1. The lowest BCUT2D eigenvalue weighted by Gasteiger charge is -2.09. The molecule has 0 atom stereocenters. The fraction of sp³-hybridized carbons (Fsp3) is 0.200. The summed E-state index contributed by atoms with van der Waals surface area (Å²) in [4.78, 5) is 17.1. The average molecular weight is 500 g/mol. The normalized spacial score (nSPS) is 11.2. The maximum absolute atomic E-state index is 12.4. The first kappa shape index (κ1) is 23.3. The second-order valence-electron chi connectivity index (χ2n) is 6.48. The third-order valence-corrected chi connectivity index (χ3v) is 6.83. The number of carbonyl (C=O) groups is 1. The Morgan fingerprint density at radius 1 is 1.16 bits per heavy atom. The van der Waals surface area contributed by atoms with Gasteiger partial charge in [-0.15, -0.1) is 11.3 Å². The van der Waals surface area contributed by atoms with Crippen LogP contribution in [0.1, 0.15) is 17.7 Å². The van der Waals surface area contributed by atoms with Gasteiger partial charge in [0.25, 0.3) is 10.0 Å². The van der Waals surface area contributed by atoms with Crippen LogP contribution in [0.4, 0.5) is 10.8 Å². The Morgan fingerprint density at radius 2 is 1.90 bits per heavy atom. The zero-order valence-corrected chi connectivity index (χ0v) is 19.5. The van der Waals surface area contributed by atoms with E-state index in [0.717, 1.165) is 4.88 Å². The number of sulfonamides is 1. The van der Waals surface area contributed by atoms with Gasteiger partial charge in [0.05, 0.1) is 16.5 Å². The molecule has 0 unspecified atom stereocenters. The number of benzene rings is 2. The highest BCUT2D eigenvalue weighted by atomic mass is 35.5. The van der Waals surface area contributed by atoms with Gasteiger partial charge in [-0.1, -0.05) is 23.2 Å². The van der Waals surface area contributed by atoms with Gasteiger partial charge < -0.3 is 10.1 Å². The van der Waals surface area contributed by atoms with Gasteiger partial charge in [0.1, 0.15) is 5.75 Å². The number of nitrogens with one attached hydrogen (secondary N) is 2. The largest absolute Gasteiger partial charge is 0.492 e. The minimum absolute atomic E-state index is 0.0756. The van der Waals surface area contributed by atoms with Crippen LogP contribution >= 0.6 is 34.5 Å². The molecule has 2 N–H and O–H groups in total. The minimum atomic E-state index is -3.75. The molecule has 3 rings (SSSR count). The highest BCUT2D eigenvalue weighted by Gasteiger charge is 2.16. The lowest BCUT2D eigenvalue weighted by molar-refractivity contribution is -0.116. The summed E-state index contributed by atoms with van der Waals surface area (Å²) in [7, 11) is -3.75. The maximum atomic E-state index is 12.4. The van der Waals surface area contributed by atoms with Crippen molar-refractivity contribution in [2.75, 3.05) is 16.6 Å².